The van der Waals surface area contributed by atoms with Crippen molar-refractivity contribution in [1.29, 1.82) is 0 Å². The van der Waals surface area contributed by atoms with Crippen LogP contribution < -0.4 is 15.5 Å². The van der Waals surface area contributed by atoms with Gasteiger partial charge in [-0.15, -0.1) is 10.2 Å². The molecular formula is C17H25N5OS2. The molecule has 0 bridgehead atoms. The number of anilines is 3. The highest BCUT2D eigenvalue weighted by atomic mass is 32.2. The SMILES string of the molecule is CC(C)CNc1nnc(SC(C)C(=O)Nc2ccc(N(C)C)cc2)s1. The van der Waals surface area contributed by atoms with Gasteiger partial charge in [0.25, 0.3) is 0 Å². The molecule has 0 aliphatic heterocycles. The summed E-state index contributed by atoms with van der Waals surface area (Å²) in [5.41, 5.74) is 1.88. The number of hydrogen-bond donors (Lipinski definition) is 2. The van der Waals surface area contributed by atoms with Crippen LogP contribution in [-0.2, 0) is 4.79 Å². The molecule has 1 aromatic carbocycles. The van der Waals surface area contributed by atoms with E-state index < -0.39 is 0 Å². The van der Waals surface area contributed by atoms with Gasteiger partial charge in [0, 0.05) is 32.0 Å². The summed E-state index contributed by atoms with van der Waals surface area (Å²) in [6.07, 6.45) is 0. The maximum absolute atomic E-state index is 12.4. The average molecular weight is 380 g/mol. The first-order valence-electron chi connectivity index (χ1n) is 8.17. The Kier molecular flexibility index (Phi) is 7.07. The van der Waals surface area contributed by atoms with Crippen LogP contribution in [0.2, 0.25) is 0 Å². The summed E-state index contributed by atoms with van der Waals surface area (Å²) in [5.74, 6) is 0.498. The summed E-state index contributed by atoms with van der Waals surface area (Å²) in [4.78, 5) is 14.4. The first-order chi connectivity index (χ1) is 11.8. The van der Waals surface area contributed by atoms with E-state index in [4.69, 9.17) is 0 Å². The Labute approximate surface area is 157 Å². The van der Waals surface area contributed by atoms with E-state index in [-0.39, 0.29) is 11.2 Å². The van der Waals surface area contributed by atoms with Gasteiger partial charge in [-0.05, 0) is 37.1 Å². The quantitative estimate of drug-likeness (QED) is 0.680. The van der Waals surface area contributed by atoms with Crippen LogP contribution in [0.4, 0.5) is 16.5 Å². The largest absolute Gasteiger partial charge is 0.378 e. The highest BCUT2D eigenvalue weighted by Gasteiger charge is 2.17. The van der Waals surface area contributed by atoms with Crippen LogP contribution >= 0.6 is 23.1 Å². The fourth-order valence-electron chi connectivity index (χ4n) is 1.91. The van der Waals surface area contributed by atoms with Crippen LogP contribution in [0.25, 0.3) is 0 Å². The summed E-state index contributed by atoms with van der Waals surface area (Å²) >= 11 is 2.89. The molecule has 0 aliphatic rings. The molecule has 0 spiro atoms. The minimum Gasteiger partial charge on any atom is -0.378 e. The van der Waals surface area contributed by atoms with Gasteiger partial charge >= 0.3 is 0 Å². The van der Waals surface area contributed by atoms with E-state index in [0.29, 0.717) is 5.92 Å². The third kappa shape index (κ3) is 6.21. The molecule has 1 amide bonds. The number of aromatic nitrogens is 2. The van der Waals surface area contributed by atoms with Gasteiger partial charge < -0.3 is 15.5 Å². The molecule has 2 N–H and O–H groups in total. The van der Waals surface area contributed by atoms with Crippen LogP contribution in [0, 0.1) is 5.92 Å². The molecule has 8 heteroatoms. The number of nitrogens with zero attached hydrogens (tertiary/aromatic N) is 3. The van der Waals surface area contributed by atoms with Crippen LogP contribution in [-0.4, -0.2) is 42.0 Å². The monoisotopic (exact) mass is 379 g/mol. The summed E-state index contributed by atoms with van der Waals surface area (Å²) in [5, 5.41) is 15.0. The molecule has 2 aromatic rings. The average Bonchev–Trinajstić information content (AvgIpc) is 3.00. The van der Waals surface area contributed by atoms with E-state index in [1.165, 1.54) is 23.1 Å². The van der Waals surface area contributed by atoms with E-state index in [1.54, 1.807) is 0 Å². The smallest absolute Gasteiger partial charge is 0.237 e. The van der Waals surface area contributed by atoms with Crippen LogP contribution in [0.5, 0.6) is 0 Å². The van der Waals surface area contributed by atoms with Gasteiger partial charge in [0.15, 0.2) is 4.34 Å². The molecule has 136 valence electrons. The van der Waals surface area contributed by atoms with Crippen molar-refractivity contribution in [2.75, 3.05) is 36.2 Å². The zero-order chi connectivity index (χ0) is 18.4. The second-order valence-electron chi connectivity index (χ2n) is 6.34. The summed E-state index contributed by atoms with van der Waals surface area (Å²) in [7, 11) is 3.97. The second-order valence-corrected chi connectivity index (χ2v) is 8.90. The molecule has 0 saturated carbocycles. The van der Waals surface area contributed by atoms with Crippen LogP contribution in [0.15, 0.2) is 28.6 Å². The van der Waals surface area contributed by atoms with Gasteiger partial charge in [-0.2, -0.15) is 0 Å². The predicted octanol–water partition coefficient (Wildman–Crippen LogP) is 3.79. The molecule has 0 saturated heterocycles. The Hall–Kier alpha value is -1.80. The summed E-state index contributed by atoms with van der Waals surface area (Å²) < 4.78 is 0.789. The van der Waals surface area contributed by atoms with Gasteiger partial charge in [0.2, 0.25) is 11.0 Å². The Bertz CT molecular complexity index is 685. The van der Waals surface area contributed by atoms with E-state index >= 15 is 0 Å². The van der Waals surface area contributed by atoms with E-state index in [0.717, 1.165) is 27.4 Å². The van der Waals surface area contributed by atoms with Crippen molar-refractivity contribution in [3.63, 3.8) is 0 Å². The van der Waals surface area contributed by atoms with E-state index in [9.17, 15) is 4.79 Å². The van der Waals surface area contributed by atoms with Gasteiger partial charge in [-0.3, -0.25) is 4.79 Å². The fraction of sp³-hybridized carbons (Fsp3) is 0.471. The van der Waals surface area contributed by atoms with Crippen LogP contribution in [0.1, 0.15) is 20.8 Å². The van der Waals surface area contributed by atoms with Crippen molar-refractivity contribution in [3.05, 3.63) is 24.3 Å². The number of nitrogens with one attached hydrogen (secondary N) is 2. The predicted molar refractivity (Wildman–Crippen MR) is 108 cm³/mol. The Morgan fingerprint density at radius 2 is 1.88 bits per heavy atom. The maximum Gasteiger partial charge on any atom is 0.237 e. The number of rotatable bonds is 8. The molecule has 0 radical (unpaired) electrons. The third-order valence-electron chi connectivity index (χ3n) is 3.37. The molecule has 2 rings (SSSR count). The van der Waals surface area contributed by atoms with Gasteiger partial charge in [0.1, 0.15) is 0 Å². The second kappa shape index (κ2) is 9.05. The van der Waals surface area contributed by atoms with Gasteiger partial charge in [-0.1, -0.05) is 36.9 Å². The van der Waals surface area contributed by atoms with Gasteiger partial charge in [-0.25, -0.2) is 0 Å². The molecule has 1 aromatic heterocycles. The zero-order valence-electron chi connectivity index (χ0n) is 15.2. The molecule has 6 nitrogen and oxygen atoms in total. The number of amides is 1. The summed E-state index contributed by atoms with van der Waals surface area (Å²) in [6.45, 7) is 7.01. The molecular weight excluding hydrogens is 354 g/mol. The molecule has 1 atom stereocenters. The molecule has 0 fully saturated rings. The third-order valence-corrected chi connectivity index (χ3v) is 5.43. The standard InChI is InChI=1S/C17H25N5OS2/c1-11(2)10-18-16-20-21-17(25-16)24-12(3)15(23)19-13-6-8-14(9-7-13)22(4)5/h6-9,11-12H,10H2,1-5H3,(H,18,20)(H,19,23). The lowest BCUT2D eigenvalue weighted by atomic mass is 10.2. The first-order valence-corrected chi connectivity index (χ1v) is 9.87. The van der Waals surface area contributed by atoms with E-state index in [2.05, 4.69) is 34.7 Å². The molecule has 1 unspecified atom stereocenters. The number of thioether (sulfide) groups is 1. The number of hydrogen-bond acceptors (Lipinski definition) is 7. The maximum atomic E-state index is 12.4. The molecule has 0 aliphatic carbocycles. The number of carbonyl (C=O) groups is 1. The number of benzene rings is 1. The van der Waals surface area contributed by atoms with Crippen molar-refractivity contribution in [1.82, 2.24) is 10.2 Å². The van der Waals surface area contributed by atoms with Gasteiger partial charge in [0.05, 0.1) is 5.25 Å². The lowest BCUT2D eigenvalue weighted by Gasteiger charge is -2.14. The van der Waals surface area contributed by atoms with Crippen molar-refractivity contribution in [3.8, 4) is 0 Å². The van der Waals surface area contributed by atoms with Crippen molar-refractivity contribution in [2.45, 2.75) is 30.4 Å². The Morgan fingerprint density at radius 3 is 2.48 bits per heavy atom. The normalized spacial score (nSPS) is 12.1. The Balaban J connectivity index is 1.87. The number of carbonyl (C=O) groups excluding carboxylic acids is 1. The summed E-state index contributed by atoms with van der Waals surface area (Å²) in [6, 6.07) is 7.77. The lowest BCUT2D eigenvalue weighted by molar-refractivity contribution is -0.115. The van der Waals surface area contributed by atoms with Crippen molar-refractivity contribution in [2.24, 2.45) is 5.92 Å². The lowest BCUT2D eigenvalue weighted by Crippen LogP contribution is -2.22. The van der Waals surface area contributed by atoms with Crippen molar-refractivity contribution >= 4 is 45.5 Å². The fourth-order valence-corrected chi connectivity index (χ4v) is 3.81. The highest BCUT2D eigenvalue weighted by molar-refractivity contribution is 8.02. The van der Waals surface area contributed by atoms with E-state index in [1.807, 2.05) is 50.2 Å². The topological polar surface area (TPSA) is 70.1 Å². The minimum atomic E-state index is -0.251. The molecule has 25 heavy (non-hydrogen) atoms. The zero-order valence-corrected chi connectivity index (χ0v) is 16.9. The molecule has 1 heterocycles. The van der Waals surface area contributed by atoms with Crippen molar-refractivity contribution < 1.29 is 4.79 Å². The minimum absolute atomic E-state index is 0.0468. The highest BCUT2D eigenvalue weighted by Crippen LogP contribution is 2.29. The first kappa shape index (κ1) is 19.5. The van der Waals surface area contributed by atoms with Crippen LogP contribution in [0.3, 0.4) is 0 Å². The Morgan fingerprint density at radius 1 is 1.20 bits per heavy atom.